The molecule has 1 aliphatic heterocycles. The Morgan fingerprint density at radius 3 is 2.95 bits per heavy atom. The van der Waals surface area contributed by atoms with Crippen LogP contribution in [0, 0.1) is 6.92 Å². The Balaban J connectivity index is 2.03. The zero-order valence-electron chi connectivity index (χ0n) is 12.3. The van der Waals surface area contributed by atoms with Gasteiger partial charge in [-0.1, -0.05) is 25.1 Å². The Morgan fingerprint density at radius 2 is 2.29 bits per heavy atom. The molecule has 1 amide bonds. The lowest BCUT2D eigenvalue weighted by Crippen LogP contribution is -2.44. The Kier molecular flexibility index (Phi) is 3.51. The number of carbonyl (C=O) groups is 1. The van der Waals surface area contributed by atoms with E-state index in [1.165, 1.54) is 0 Å². The second kappa shape index (κ2) is 5.33. The first-order valence-electron chi connectivity index (χ1n) is 7.30. The van der Waals surface area contributed by atoms with E-state index in [1.807, 2.05) is 36.9 Å². The molecule has 2 heterocycles. The first-order valence-corrected chi connectivity index (χ1v) is 7.30. The van der Waals surface area contributed by atoms with Gasteiger partial charge in [-0.25, -0.2) is 4.98 Å². The zero-order valence-corrected chi connectivity index (χ0v) is 12.3. The van der Waals surface area contributed by atoms with Crippen LogP contribution in [0.2, 0.25) is 0 Å². The molecule has 0 bridgehead atoms. The van der Waals surface area contributed by atoms with Gasteiger partial charge >= 0.3 is 0 Å². The molecular weight excluding hydrogens is 264 g/mol. The highest BCUT2D eigenvalue weighted by molar-refractivity contribution is 5.99. The van der Waals surface area contributed by atoms with Crippen molar-refractivity contribution in [2.24, 2.45) is 5.73 Å². The van der Waals surface area contributed by atoms with Crippen molar-refractivity contribution in [3.8, 4) is 0 Å². The highest BCUT2D eigenvalue weighted by Gasteiger charge is 2.37. The van der Waals surface area contributed by atoms with Crippen LogP contribution in [0.1, 0.15) is 36.5 Å². The summed E-state index contributed by atoms with van der Waals surface area (Å²) in [6, 6.07) is 7.41. The minimum absolute atomic E-state index is 0.0403. The standard InChI is InChI=1S/C16H20N4O/c1-3-12(17)16(21)20-13-7-5-4-6-11(13)8-14(20)15-18-9-10(2)19-15/h4-7,9,12,14H,3,8,17H2,1-2H3,(H,18,19)/t12-,14-/m0/s1. The van der Waals surface area contributed by atoms with Gasteiger partial charge < -0.3 is 10.7 Å². The number of benzene rings is 1. The molecule has 3 N–H and O–H groups in total. The maximum absolute atomic E-state index is 12.7. The summed E-state index contributed by atoms with van der Waals surface area (Å²) in [7, 11) is 0. The van der Waals surface area contributed by atoms with Crippen molar-refractivity contribution < 1.29 is 4.79 Å². The molecule has 1 aromatic heterocycles. The van der Waals surface area contributed by atoms with Gasteiger partial charge in [0.2, 0.25) is 5.91 Å². The Morgan fingerprint density at radius 1 is 1.52 bits per heavy atom. The Bertz CT molecular complexity index is 664. The second-order valence-electron chi connectivity index (χ2n) is 5.52. The number of hydrogen-bond donors (Lipinski definition) is 2. The van der Waals surface area contributed by atoms with Crippen LogP contribution in [0.25, 0.3) is 0 Å². The molecule has 21 heavy (non-hydrogen) atoms. The molecule has 5 nitrogen and oxygen atoms in total. The lowest BCUT2D eigenvalue weighted by molar-refractivity contribution is -0.120. The van der Waals surface area contributed by atoms with Crippen molar-refractivity contribution in [1.82, 2.24) is 9.97 Å². The monoisotopic (exact) mass is 284 g/mol. The van der Waals surface area contributed by atoms with Crippen LogP contribution in [0.3, 0.4) is 0 Å². The fraction of sp³-hybridized carbons (Fsp3) is 0.375. The molecule has 110 valence electrons. The summed E-state index contributed by atoms with van der Waals surface area (Å²) >= 11 is 0. The average Bonchev–Trinajstić information content (AvgIpc) is 3.08. The first kappa shape index (κ1) is 13.8. The van der Waals surface area contributed by atoms with E-state index in [0.717, 1.165) is 29.2 Å². The fourth-order valence-electron chi connectivity index (χ4n) is 2.83. The van der Waals surface area contributed by atoms with Gasteiger partial charge in [0.15, 0.2) is 0 Å². The number of hydrogen-bond acceptors (Lipinski definition) is 3. The summed E-state index contributed by atoms with van der Waals surface area (Å²) in [5.74, 6) is 0.779. The van der Waals surface area contributed by atoms with Crippen LogP contribution in [0.4, 0.5) is 5.69 Å². The van der Waals surface area contributed by atoms with Crippen molar-refractivity contribution in [3.05, 3.63) is 47.5 Å². The molecule has 0 radical (unpaired) electrons. The molecule has 0 spiro atoms. The second-order valence-corrected chi connectivity index (χ2v) is 5.52. The van der Waals surface area contributed by atoms with E-state index in [9.17, 15) is 4.79 Å². The summed E-state index contributed by atoms with van der Waals surface area (Å²) in [5, 5.41) is 0. The SMILES string of the molecule is CC[C@H](N)C(=O)N1c2ccccc2C[C@H]1c1ncc(C)[nH]1. The summed E-state index contributed by atoms with van der Waals surface area (Å²) in [6.45, 7) is 3.89. The molecule has 0 unspecified atom stereocenters. The van der Waals surface area contributed by atoms with E-state index in [-0.39, 0.29) is 11.9 Å². The number of para-hydroxylation sites is 1. The minimum atomic E-state index is -0.477. The van der Waals surface area contributed by atoms with Crippen molar-refractivity contribution in [2.75, 3.05) is 4.90 Å². The molecule has 1 aliphatic rings. The summed E-state index contributed by atoms with van der Waals surface area (Å²) in [5.41, 5.74) is 9.08. The van der Waals surface area contributed by atoms with E-state index >= 15 is 0 Å². The van der Waals surface area contributed by atoms with E-state index < -0.39 is 6.04 Å². The number of rotatable bonds is 3. The summed E-state index contributed by atoms with van der Waals surface area (Å²) in [4.78, 5) is 22.2. The van der Waals surface area contributed by atoms with E-state index in [4.69, 9.17) is 5.73 Å². The quantitative estimate of drug-likeness (QED) is 0.906. The number of anilines is 1. The van der Waals surface area contributed by atoms with Gasteiger partial charge in [0.1, 0.15) is 5.82 Å². The lowest BCUT2D eigenvalue weighted by Gasteiger charge is -2.26. The number of amides is 1. The van der Waals surface area contributed by atoms with Gasteiger partial charge in [-0.05, 0) is 25.0 Å². The number of aromatic amines is 1. The van der Waals surface area contributed by atoms with Crippen LogP contribution in [0.5, 0.6) is 0 Å². The average molecular weight is 284 g/mol. The fourth-order valence-corrected chi connectivity index (χ4v) is 2.83. The van der Waals surface area contributed by atoms with Gasteiger partial charge in [-0.2, -0.15) is 0 Å². The number of nitrogens with two attached hydrogens (primary N) is 1. The number of H-pyrrole nitrogens is 1. The van der Waals surface area contributed by atoms with Gasteiger partial charge in [0.25, 0.3) is 0 Å². The highest BCUT2D eigenvalue weighted by Crippen LogP contribution is 2.39. The van der Waals surface area contributed by atoms with Crippen molar-refractivity contribution in [2.45, 2.75) is 38.8 Å². The van der Waals surface area contributed by atoms with E-state index in [1.54, 1.807) is 6.20 Å². The van der Waals surface area contributed by atoms with Crippen LogP contribution < -0.4 is 10.6 Å². The predicted octanol–water partition coefficient (Wildman–Crippen LogP) is 2.09. The Hall–Kier alpha value is -2.14. The number of aromatic nitrogens is 2. The largest absolute Gasteiger partial charge is 0.344 e. The number of fused-ring (bicyclic) bond motifs is 1. The number of aryl methyl sites for hydroxylation is 1. The van der Waals surface area contributed by atoms with Crippen LogP contribution in [-0.4, -0.2) is 21.9 Å². The van der Waals surface area contributed by atoms with Crippen LogP contribution in [-0.2, 0) is 11.2 Å². The van der Waals surface area contributed by atoms with Crippen LogP contribution in [0.15, 0.2) is 30.5 Å². The topological polar surface area (TPSA) is 75.0 Å². The summed E-state index contributed by atoms with van der Waals surface area (Å²) < 4.78 is 0. The number of nitrogens with zero attached hydrogens (tertiary/aromatic N) is 2. The number of carbonyl (C=O) groups excluding carboxylic acids is 1. The number of imidazole rings is 1. The molecule has 3 rings (SSSR count). The molecule has 0 saturated heterocycles. The van der Waals surface area contributed by atoms with Gasteiger partial charge in [0.05, 0.1) is 12.1 Å². The highest BCUT2D eigenvalue weighted by atomic mass is 16.2. The van der Waals surface area contributed by atoms with Gasteiger partial charge in [-0.3, -0.25) is 9.69 Å². The third-order valence-corrected chi connectivity index (χ3v) is 4.01. The molecule has 2 aromatic rings. The van der Waals surface area contributed by atoms with Gasteiger partial charge in [0, 0.05) is 24.0 Å². The maximum atomic E-state index is 12.7. The van der Waals surface area contributed by atoms with E-state index in [2.05, 4.69) is 16.0 Å². The lowest BCUT2D eigenvalue weighted by atomic mass is 10.1. The maximum Gasteiger partial charge on any atom is 0.244 e. The normalized spacial score (nSPS) is 18.6. The molecule has 5 heteroatoms. The zero-order chi connectivity index (χ0) is 15.0. The predicted molar refractivity (Wildman–Crippen MR) is 82.0 cm³/mol. The molecule has 0 fully saturated rings. The van der Waals surface area contributed by atoms with Crippen LogP contribution >= 0.6 is 0 Å². The minimum Gasteiger partial charge on any atom is -0.344 e. The van der Waals surface area contributed by atoms with Crippen molar-refractivity contribution in [1.29, 1.82) is 0 Å². The van der Waals surface area contributed by atoms with Crippen molar-refractivity contribution in [3.63, 3.8) is 0 Å². The van der Waals surface area contributed by atoms with Crippen molar-refractivity contribution >= 4 is 11.6 Å². The molecular formula is C16H20N4O. The third kappa shape index (κ3) is 2.34. The van der Waals surface area contributed by atoms with Gasteiger partial charge in [-0.15, -0.1) is 0 Å². The van der Waals surface area contributed by atoms with E-state index in [0.29, 0.717) is 6.42 Å². The molecule has 2 atom stereocenters. The molecule has 1 aromatic carbocycles. The molecule has 0 saturated carbocycles. The number of nitrogens with one attached hydrogen (secondary N) is 1. The third-order valence-electron chi connectivity index (χ3n) is 4.01. The first-order chi connectivity index (χ1) is 10.1. The Labute approximate surface area is 124 Å². The molecule has 0 aliphatic carbocycles. The summed E-state index contributed by atoms with van der Waals surface area (Å²) in [6.07, 6.45) is 3.19. The smallest absolute Gasteiger partial charge is 0.244 e.